The highest BCUT2D eigenvalue weighted by Gasteiger charge is 2.35. The SMILES string of the molecule is COc1c(C)cc(NC(=O)CC#N)cc1C(F)(F)F. The molecule has 0 heterocycles. The molecule has 0 bridgehead atoms. The molecular formula is C12H11F3N2O2. The first-order chi connectivity index (χ1) is 8.79. The molecule has 1 N–H and O–H groups in total. The number of amides is 1. The van der Waals surface area contributed by atoms with Crippen LogP contribution in [0.5, 0.6) is 5.75 Å². The summed E-state index contributed by atoms with van der Waals surface area (Å²) in [6.07, 6.45) is -5.02. The molecule has 0 saturated heterocycles. The lowest BCUT2D eigenvalue weighted by Crippen LogP contribution is -2.13. The van der Waals surface area contributed by atoms with Gasteiger partial charge in [-0.3, -0.25) is 4.79 Å². The van der Waals surface area contributed by atoms with E-state index in [2.05, 4.69) is 5.32 Å². The quantitative estimate of drug-likeness (QED) is 0.920. The molecule has 7 heteroatoms. The average molecular weight is 272 g/mol. The van der Waals surface area contributed by atoms with E-state index < -0.39 is 24.1 Å². The molecule has 1 rings (SSSR count). The first kappa shape index (κ1) is 14.8. The van der Waals surface area contributed by atoms with Crippen LogP contribution in [0.25, 0.3) is 0 Å². The molecule has 19 heavy (non-hydrogen) atoms. The van der Waals surface area contributed by atoms with Crippen molar-refractivity contribution in [1.82, 2.24) is 0 Å². The largest absolute Gasteiger partial charge is 0.496 e. The Kier molecular flexibility index (Phi) is 4.38. The first-order valence-electron chi connectivity index (χ1n) is 5.22. The number of hydrogen-bond donors (Lipinski definition) is 1. The number of carbonyl (C=O) groups excluding carboxylic acids is 1. The molecular weight excluding hydrogens is 261 g/mol. The summed E-state index contributed by atoms with van der Waals surface area (Å²) in [5.74, 6) is -0.953. The summed E-state index contributed by atoms with van der Waals surface area (Å²) in [7, 11) is 1.14. The molecule has 0 atom stereocenters. The third-order valence-corrected chi connectivity index (χ3v) is 2.31. The highest BCUT2D eigenvalue weighted by molar-refractivity contribution is 5.92. The Labute approximate surface area is 107 Å². The highest BCUT2D eigenvalue weighted by Crippen LogP contribution is 2.39. The maximum Gasteiger partial charge on any atom is 0.420 e. The van der Waals surface area contributed by atoms with Crippen LogP contribution in [-0.4, -0.2) is 13.0 Å². The van der Waals surface area contributed by atoms with E-state index in [-0.39, 0.29) is 17.0 Å². The van der Waals surface area contributed by atoms with Crippen LogP contribution in [0, 0.1) is 18.3 Å². The number of nitrogens with one attached hydrogen (secondary N) is 1. The van der Waals surface area contributed by atoms with Gasteiger partial charge >= 0.3 is 6.18 Å². The second-order valence-electron chi connectivity index (χ2n) is 3.75. The average Bonchev–Trinajstić information content (AvgIpc) is 2.27. The lowest BCUT2D eigenvalue weighted by Gasteiger charge is -2.16. The second-order valence-corrected chi connectivity index (χ2v) is 3.75. The number of hydrogen-bond acceptors (Lipinski definition) is 3. The van der Waals surface area contributed by atoms with E-state index in [1.807, 2.05) is 0 Å². The molecule has 1 aromatic rings. The van der Waals surface area contributed by atoms with Crippen molar-refractivity contribution in [2.45, 2.75) is 19.5 Å². The number of aryl methyl sites for hydroxylation is 1. The minimum atomic E-state index is -4.59. The minimum absolute atomic E-state index is 0.0223. The standard InChI is InChI=1S/C12H11F3N2O2/c1-7-5-8(17-10(18)3-4-16)6-9(11(7)19-2)12(13,14)15/h5-6H,3H2,1-2H3,(H,17,18). The maximum atomic E-state index is 12.8. The third-order valence-electron chi connectivity index (χ3n) is 2.31. The third kappa shape index (κ3) is 3.61. The smallest absolute Gasteiger partial charge is 0.420 e. The predicted octanol–water partition coefficient (Wildman–Crippen LogP) is 2.87. The molecule has 1 aromatic carbocycles. The Morgan fingerprint density at radius 1 is 1.47 bits per heavy atom. The molecule has 0 saturated carbocycles. The van der Waals surface area contributed by atoms with Gasteiger partial charge in [-0.2, -0.15) is 18.4 Å². The van der Waals surface area contributed by atoms with Gasteiger partial charge in [-0.1, -0.05) is 0 Å². The molecule has 0 unspecified atom stereocenters. The van der Waals surface area contributed by atoms with Crippen molar-refractivity contribution in [2.75, 3.05) is 12.4 Å². The summed E-state index contributed by atoms with van der Waals surface area (Å²) in [6, 6.07) is 3.74. The number of halogens is 3. The molecule has 0 spiro atoms. The van der Waals surface area contributed by atoms with Gasteiger partial charge in [0, 0.05) is 5.69 Å². The molecule has 0 aliphatic carbocycles. The summed E-state index contributed by atoms with van der Waals surface area (Å²) >= 11 is 0. The van der Waals surface area contributed by atoms with E-state index in [9.17, 15) is 18.0 Å². The number of benzene rings is 1. The van der Waals surface area contributed by atoms with E-state index in [0.717, 1.165) is 13.2 Å². The van der Waals surface area contributed by atoms with E-state index in [1.165, 1.54) is 13.0 Å². The lowest BCUT2D eigenvalue weighted by molar-refractivity contribution is -0.138. The molecule has 102 valence electrons. The van der Waals surface area contributed by atoms with Crippen molar-refractivity contribution in [1.29, 1.82) is 5.26 Å². The zero-order chi connectivity index (χ0) is 14.6. The van der Waals surface area contributed by atoms with Gasteiger partial charge in [0.15, 0.2) is 0 Å². The summed E-state index contributed by atoms with van der Waals surface area (Å²) in [5.41, 5.74) is -0.752. The Morgan fingerprint density at radius 3 is 2.58 bits per heavy atom. The van der Waals surface area contributed by atoms with Crippen LogP contribution in [-0.2, 0) is 11.0 Å². The monoisotopic (exact) mass is 272 g/mol. The van der Waals surface area contributed by atoms with Crippen molar-refractivity contribution in [3.05, 3.63) is 23.3 Å². The molecule has 1 amide bonds. The van der Waals surface area contributed by atoms with Crippen LogP contribution in [0.3, 0.4) is 0 Å². The van der Waals surface area contributed by atoms with Crippen LogP contribution in [0.1, 0.15) is 17.5 Å². The number of anilines is 1. The van der Waals surface area contributed by atoms with Gasteiger partial charge < -0.3 is 10.1 Å². The number of methoxy groups -OCH3 is 1. The first-order valence-corrected chi connectivity index (χ1v) is 5.22. The van der Waals surface area contributed by atoms with Gasteiger partial charge in [0.2, 0.25) is 5.91 Å². The van der Waals surface area contributed by atoms with Gasteiger partial charge in [0.25, 0.3) is 0 Å². The number of ether oxygens (including phenoxy) is 1. The predicted molar refractivity (Wildman–Crippen MR) is 61.6 cm³/mol. The summed E-state index contributed by atoms with van der Waals surface area (Å²) in [5, 5.41) is 10.6. The summed E-state index contributed by atoms with van der Waals surface area (Å²) in [6.45, 7) is 1.44. The fourth-order valence-corrected chi connectivity index (χ4v) is 1.60. The number of rotatable bonds is 3. The Balaban J connectivity index is 3.21. The van der Waals surface area contributed by atoms with E-state index in [0.29, 0.717) is 0 Å². The zero-order valence-electron chi connectivity index (χ0n) is 10.3. The van der Waals surface area contributed by atoms with Gasteiger partial charge in [-0.15, -0.1) is 0 Å². The van der Waals surface area contributed by atoms with Crippen molar-refractivity contribution < 1.29 is 22.7 Å². The van der Waals surface area contributed by atoms with Crippen molar-refractivity contribution >= 4 is 11.6 Å². The molecule has 0 aromatic heterocycles. The highest BCUT2D eigenvalue weighted by atomic mass is 19.4. The Morgan fingerprint density at radius 2 is 2.11 bits per heavy atom. The molecule has 0 fully saturated rings. The molecule has 0 radical (unpaired) electrons. The summed E-state index contributed by atoms with van der Waals surface area (Å²) in [4.78, 5) is 11.2. The van der Waals surface area contributed by atoms with E-state index in [4.69, 9.17) is 10.00 Å². The van der Waals surface area contributed by atoms with Gasteiger partial charge in [-0.05, 0) is 24.6 Å². The van der Waals surface area contributed by atoms with Crippen LogP contribution >= 0.6 is 0 Å². The van der Waals surface area contributed by atoms with Crippen LogP contribution in [0.2, 0.25) is 0 Å². The second kappa shape index (κ2) is 5.61. The maximum absolute atomic E-state index is 12.8. The lowest BCUT2D eigenvalue weighted by atomic mass is 10.1. The fourth-order valence-electron chi connectivity index (χ4n) is 1.60. The van der Waals surface area contributed by atoms with Crippen molar-refractivity contribution in [3.63, 3.8) is 0 Å². The van der Waals surface area contributed by atoms with E-state index in [1.54, 1.807) is 6.07 Å². The number of alkyl halides is 3. The molecule has 0 aliphatic rings. The number of carbonyl (C=O) groups is 1. The van der Waals surface area contributed by atoms with Crippen LogP contribution in [0.4, 0.5) is 18.9 Å². The van der Waals surface area contributed by atoms with Crippen LogP contribution in [0.15, 0.2) is 12.1 Å². The van der Waals surface area contributed by atoms with Crippen molar-refractivity contribution in [2.24, 2.45) is 0 Å². The van der Waals surface area contributed by atoms with Gasteiger partial charge in [0.05, 0.1) is 18.7 Å². The number of nitrogens with zero attached hydrogens (tertiary/aromatic N) is 1. The molecule has 4 nitrogen and oxygen atoms in total. The van der Waals surface area contributed by atoms with Gasteiger partial charge in [0.1, 0.15) is 12.2 Å². The topological polar surface area (TPSA) is 62.1 Å². The normalized spacial score (nSPS) is 10.7. The Hall–Kier alpha value is -2.23. The van der Waals surface area contributed by atoms with Gasteiger partial charge in [-0.25, -0.2) is 0 Å². The zero-order valence-corrected chi connectivity index (χ0v) is 10.3. The van der Waals surface area contributed by atoms with E-state index >= 15 is 0 Å². The minimum Gasteiger partial charge on any atom is -0.496 e. The van der Waals surface area contributed by atoms with Crippen molar-refractivity contribution in [3.8, 4) is 11.8 Å². The van der Waals surface area contributed by atoms with Crippen LogP contribution < -0.4 is 10.1 Å². The Bertz CT molecular complexity index is 533. The fraction of sp³-hybridized carbons (Fsp3) is 0.333. The molecule has 0 aliphatic heterocycles. The number of nitriles is 1. The summed E-state index contributed by atoms with van der Waals surface area (Å²) < 4.78 is 43.2.